The minimum Gasteiger partial charge on any atom is -0.369 e. The molecule has 104 valence electrons. The van der Waals surface area contributed by atoms with Gasteiger partial charge in [0.05, 0.1) is 5.38 Å². The number of halogens is 2. The third kappa shape index (κ3) is 2.80. The monoisotopic (exact) mass is 289 g/mol. The van der Waals surface area contributed by atoms with Gasteiger partial charge in [0.25, 0.3) is 0 Å². The normalized spacial score (nSPS) is 15.8. The Hall–Kier alpha value is -1.54. The molecular formula is C17H17ClFN. The van der Waals surface area contributed by atoms with Gasteiger partial charge in [0.2, 0.25) is 0 Å². The molecule has 3 heteroatoms. The first-order chi connectivity index (χ1) is 9.74. The third-order valence-electron chi connectivity index (χ3n) is 3.82. The van der Waals surface area contributed by atoms with Crippen LogP contribution in [0.5, 0.6) is 0 Å². The van der Waals surface area contributed by atoms with E-state index in [4.69, 9.17) is 11.6 Å². The molecule has 0 aliphatic carbocycles. The van der Waals surface area contributed by atoms with Crippen molar-refractivity contribution in [2.24, 2.45) is 0 Å². The lowest BCUT2D eigenvalue weighted by atomic mass is 10.0. The Balaban J connectivity index is 1.77. The summed E-state index contributed by atoms with van der Waals surface area (Å²) in [6, 6.07) is 15.0. The van der Waals surface area contributed by atoms with Crippen molar-refractivity contribution in [1.29, 1.82) is 0 Å². The van der Waals surface area contributed by atoms with E-state index in [1.165, 1.54) is 23.4 Å². The molecule has 20 heavy (non-hydrogen) atoms. The SMILES string of the molecule is Fc1ccc(C(Cl)CN2CCCc3ccccc32)cc1. The molecule has 1 unspecified atom stereocenters. The number of alkyl halides is 1. The molecule has 0 saturated carbocycles. The van der Waals surface area contributed by atoms with Gasteiger partial charge in [-0.05, 0) is 42.2 Å². The fraction of sp³-hybridized carbons (Fsp3) is 0.294. The minimum absolute atomic E-state index is 0.123. The van der Waals surface area contributed by atoms with Gasteiger partial charge in [-0.3, -0.25) is 0 Å². The summed E-state index contributed by atoms with van der Waals surface area (Å²) in [6.45, 7) is 1.78. The van der Waals surface area contributed by atoms with E-state index >= 15 is 0 Å². The maximum atomic E-state index is 13.0. The molecule has 1 nitrogen and oxygen atoms in total. The Morgan fingerprint density at radius 1 is 1.10 bits per heavy atom. The fourth-order valence-corrected chi connectivity index (χ4v) is 3.08. The van der Waals surface area contributed by atoms with E-state index in [1.807, 2.05) is 0 Å². The van der Waals surface area contributed by atoms with Crippen molar-refractivity contribution in [3.8, 4) is 0 Å². The second-order valence-corrected chi connectivity index (χ2v) is 5.72. The van der Waals surface area contributed by atoms with Crippen LogP contribution in [0.1, 0.15) is 22.9 Å². The van der Waals surface area contributed by atoms with Crippen molar-refractivity contribution in [1.82, 2.24) is 0 Å². The van der Waals surface area contributed by atoms with Crippen LogP contribution in [0, 0.1) is 5.82 Å². The third-order valence-corrected chi connectivity index (χ3v) is 4.21. The van der Waals surface area contributed by atoms with Crippen molar-refractivity contribution in [2.75, 3.05) is 18.0 Å². The van der Waals surface area contributed by atoms with Crippen molar-refractivity contribution in [2.45, 2.75) is 18.2 Å². The number of aryl methyl sites for hydroxylation is 1. The average molecular weight is 290 g/mol. The van der Waals surface area contributed by atoms with E-state index in [2.05, 4.69) is 29.2 Å². The van der Waals surface area contributed by atoms with E-state index in [1.54, 1.807) is 12.1 Å². The molecule has 0 bridgehead atoms. The molecule has 0 saturated heterocycles. The number of hydrogen-bond acceptors (Lipinski definition) is 1. The van der Waals surface area contributed by atoms with Crippen LogP contribution < -0.4 is 4.90 Å². The quantitative estimate of drug-likeness (QED) is 0.749. The summed E-state index contributed by atoms with van der Waals surface area (Å²) >= 11 is 6.49. The lowest BCUT2D eigenvalue weighted by Gasteiger charge is -2.32. The maximum absolute atomic E-state index is 13.0. The first-order valence-corrected chi connectivity index (χ1v) is 7.40. The Morgan fingerprint density at radius 3 is 2.65 bits per heavy atom. The summed E-state index contributed by atoms with van der Waals surface area (Å²) in [4.78, 5) is 2.33. The minimum atomic E-state index is -0.221. The Kier molecular flexibility index (Phi) is 3.93. The number of nitrogens with zero attached hydrogens (tertiary/aromatic N) is 1. The van der Waals surface area contributed by atoms with Crippen LogP contribution in [-0.4, -0.2) is 13.1 Å². The summed E-state index contributed by atoms with van der Waals surface area (Å²) < 4.78 is 13.0. The molecule has 1 aliphatic rings. The molecule has 1 heterocycles. The molecule has 0 fully saturated rings. The number of rotatable bonds is 3. The van der Waals surface area contributed by atoms with Crippen molar-refractivity contribution < 1.29 is 4.39 Å². The maximum Gasteiger partial charge on any atom is 0.123 e. The van der Waals surface area contributed by atoms with E-state index in [-0.39, 0.29) is 11.2 Å². The first-order valence-electron chi connectivity index (χ1n) is 6.96. The van der Waals surface area contributed by atoms with Crippen LogP contribution in [0.25, 0.3) is 0 Å². The van der Waals surface area contributed by atoms with E-state index in [9.17, 15) is 4.39 Å². The number of para-hydroxylation sites is 1. The Labute approximate surface area is 124 Å². The molecule has 0 spiro atoms. The zero-order chi connectivity index (χ0) is 13.9. The van der Waals surface area contributed by atoms with Crippen molar-refractivity contribution in [3.63, 3.8) is 0 Å². The van der Waals surface area contributed by atoms with Gasteiger partial charge in [-0.1, -0.05) is 30.3 Å². The highest BCUT2D eigenvalue weighted by Crippen LogP contribution is 2.30. The van der Waals surface area contributed by atoms with Crippen LogP contribution in [0.4, 0.5) is 10.1 Å². The zero-order valence-electron chi connectivity index (χ0n) is 11.2. The van der Waals surface area contributed by atoms with Gasteiger partial charge >= 0.3 is 0 Å². The number of anilines is 1. The smallest absolute Gasteiger partial charge is 0.123 e. The second-order valence-electron chi connectivity index (χ2n) is 5.20. The fourth-order valence-electron chi connectivity index (χ4n) is 2.77. The summed E-state index contributed by atoms with van der Waals surface area (Å²) in [6.07, 6.45) is 2.29. The standard InChI is InChI=1S/C17H17ClFN/c18-16(13-7-9-15(19)10-8-13)12-20-11-3-5-14-4-1-2-6-17(14)20/h1-2,4,6-10,16H,3,5,11-12H2. The largest absolute Gasteiger partial charge is 0.369 e. The highest BCUT2D eigenvalue weighted by Gasteiger charge is 2.19. The summed E-state index contributed by atoms with van der Waals surface area (Å²) in [5.74, 6) is -0.221. The number of hydrogen-bond donors (Lipinski definition) is 0. The molecule has 0 N–H and O–H groups in total. The highest BCUT2D eigenvalue weighted by atomic mass is 35.5. The molecule has 0 radical (unpaired) electrons. The van der Waals surface area contributed by atoms with Gasteiger partial charge in [0, 0.05) is 18.8 Å². The molecule has 2 aromatic rings. The number of benzene rings is 2. The predicted molar refractivity (Wildman–Crippen MR) is 82.0 cm³/mol. The summed E-state index contributed by atoms with van der Waals surface area (Å²) in [5.41, 5.74) is 3.64. The van der Waals surface area contributed by atoms with Crippen molar-refractivity contribution in [3.05, 3.63) is 65.5 Å². The van der Waals surface area contributed by atoms with Crippen LogP contribution in [-0.2, 0) is 6.42 Å². The topological polar surface area (TPSA) is 3.24 Å². The molecule has 0 aromatic heterocycles. The Bertz CT molecular complexity index is 582. The molecule has 3 rings (SSSR count). The van der Waals surface area contributed by atoms with Gasteiger partial charge in [-0.25, -0.2) is 4.39 Å². The van der Waals surface area contributed by atoms with E-state index in [0.29, 0.717) is 0 Å². The summed E-state index contributed by atoms with van der Waals surface area (Å²) in [5, 5.41) is -0.123. The molecule has 2 aromatic carbocycles. The van der Waals surface area contributed by atoms with Crippen LogP contribution >= 0.6 is 11.6 Å². The Morgan fingerprint density at radius 2 is 1.85 bits per heavy atom. The molecule has 1 aliphatic heterocycles. The van der Waals surface area contributed by atoms with Gasteiger partial charge < -0.3 is 4.90 Å². The van der Waals surface area contributed by atoms with E-state index < -0.39 is 0 Å². The average Bonchev–Trinajstić information content (AvgIpc) is 2.48. The lowest BCUT2D eigenvalue weighted by Crippen LogP contribution is -2.32. The van der Waals surface area contributed by atoms with E-state index in [0.717, 1.165) is 31.5 Å². The zero-order valence-corrected chi connectivity index (χ0v) is 12.0. The van der Waals surface area contributed by atoms with Crippen LogP contribution in [0.3, 0.4) is 0 Å². The second kappa shape index (κ2) is 5.84. The summed E-state index contributed by atoms with van der Waals surface area (Å²) in [7, 11) is 0. The lowest BCUT2D eigenvalue weighted by molar-refractivity contribution is 0.626. The molecule has 0 amide bonds. The van der Waals surface area contributed by atoms with Crippen LogP contribution in [0.15, 0.2) is 48.5 Å². The highest BCUT2D eigenvalue weighted by molar-refractivity contribution is 6.21. The molecule has 1 atom stereocenters. The van der Waals surface area contributed by atoms with Crippen LogP contribution in [0.2, 0.25) is 0 Å². The predicted octanol–water partition coefficient (Wildman–Crippen LogP) is 4.56. The van der Waals surface area contributed by atoms with Gasteiger partial charge in [-0.15, -0.1) is 11.6 Å². The van der Waals surface area contributed by atoms with Crippen molar-refractivity contribution >= 4 is 17.3 Å². The molecular weight excluding hydrogens is 273 g/mol. The van der Waals surface area contributed by atoms with Gasteiger partial charge in [0.15, 0.2) is 0 Å². The van der Waals surface area contributed by atoms with Gasteiger partial charge in [-0.2, -0.15) is 0 Å². The number of fused-ring (bicyclic) bond motifs is 1. The van der Waals surface area contributed by atoms with Gasteiger partial charge in [0.1, 0.15) is 5.82 Å². The first kappa shape index (κ1) is 13.4.